The maximum absolute atomic E-state index is 12.1. The molecule has 1 amide bonds. The molecule has 1 fully saturated rings. The van der Waals surface area contributed by atoms with Crippen molar-refractivity contribution in [3.63, 3.8) is 0 Å². The van der Waals surface area contributed by atoms with E-state index in [4.69, 9.17) is 14.5 Å². The van der Waals surface area contributed by atoms with Crippen molar-refractivity contribution in [1.29, 1.82) is 0 Å². The maximum atomic E-state index is 12.1. The molecule has 1 aliphatic heterocycles. The normalized spacial score (nSPS) is 14.8. The molecule has 13 heteroatoms. The van der Waals surface area contributed by atoms with Crippen molar-refractivity contribution in [2.75, 3.05) is 56.6 Å². The number of carbonyl (C=O) groups is 1. The standard InChI is InChI=1S/C29H38N10O3/c1-29(2,3)42-28(40)32-12-9-22(20-7-5-4-6-8-20)34-27-30-11-10-23(35-27)24-21-19-33-26(36-25(21)38-37-24)31-13-14-39-15-17-41-18-16-39/h4-8,10-11,19,22H,9,12-18H2,1-3H3,(H,32,40)(H,30,34,35)(H2,31,33,36,37,38). The first kappa shape index (κ1) is 29.1. The number of alkyl carbamates (subject to hydrolysis) is 1. The number of fused-ring (bicyclic) bond motifs is 1. The van der Waals surface area contributed by atoms with Gasteiger partial charge >= 0.3 is 6.09 Å². The van der Waals surface area contributed by atoms with E-state index in [2.05, 4.69) is 46.0 Å². The number of nitrogens with zero attached hydrogens (tertiary/aromatic N) is 6. The van der Waals surface area contributed by atoms with Crippen molar-refractivity contribution >= 4 is 29.0 Å². The molecule has 4 N–H and O–H groups in total. The lowest BCUT2D eigenvalue weighted by Gasteiger charge is -2.26. The van der Waals surface area contributed by atoms with E-state index in [0.717, 1.165) is 50.3 Å². The third-order valence-corrected chi connectivity index (χ3v) is 6.64. The molecule has 5 rings (SSSR count). The summed E-state index contributed by atoms with van der Waals surface area (Å²) in [6.07, 6.45) is 3.60. The fraction of sp³-hybridized carbons (Fsp3) is 0.448. The molecule has 0 bridgehead atoms. The van der Waals surface area contributed by atoms with E-state index < -0.39 is 11.7 Å². The van der Waals surface area contributed by atoms with E-state index >= 15 is 0 Å². The number of benzene rings is 1. The van der Waals surface area contributed by atoms with E-state index in [1.165, 1.54) is 0 Å². The van der Waals surface area contributed by atoms with Gasteiger partial charge in [0.2, 0.25) is 11.9 Å². The predicted octanol–water partition coefficient (Wildman–Crippen LogP) is 3.62. The topological polar surface area (TPSA) is 155 Å². The summed E-state index contributed by atoms with van der Waals surface area (Å²) in [5.41, 5.74) is 2.41. The van der Waals surface area contributed by atoms with Gasteiger partial charge in [0.05, 0.1) is 36.0 Å². The molecule has 1 atom stereocenters. The van der Waals surface area contributed by atoms with Crippen LogP contribution in [0.4, 0.5) is 16.7 Å². The first-order valence-corrected chi connectivity index (χ1v) is 14.2. The number of ether oxygens (including phenoxy) is 2. The molecule has 0 radical (unpaired) electrons. The van der Waals surface area contributed by atoms with Crippen molar-refractivity contribution in [2.45, 2.75) is 38.8 Å². The van der Waals surface area contributed by atoms with Gasteiger partial charge in [-0.15, -0.1) is 0 Å². The number of anilines is 2. The van der Waals surface area contributed by atoms with E-state index in [0.29, 0.717) is 41.9 Å². The molecule has 0 aliphatic carbocycles. The zero-order chi connectivity index (χ0) is 29.4. The highest BCUT2D eigenvalue weighted by molar-refractivity contribution is 5.89. The average Bonchev–Trinajstić information content (AvgIpc) is 3.40. The minimum absolute atomic E-state index is 0.149. The molecule has 1 aromatic carbocycles. The first-order valence-electron chi connectivity index (χ1n) is 14.2. The zero-order valence-electron chi connectivity index (χ0n) is 24.3. The highest BCUT2D eigenvalue weighted by Crippen LogP contribution is 2.26. The van der Waals surface area contributed by atoms with Crippen LogP contribution in [0.1, 0.15) is 38.8 Å². The summed E-state index contributed by atoms with van der Waals surface area (Å²) in [7, 11) is 0. The Morgan fingerprint density at radius 1 is 1.07 bits per heavy atom. The Bertz CT molecular complexity index is 1450. The number of hydrogen-bond acceptors (Lipinski definition) is 11. The minimum Gasteiger partial charge on any atom is -0.444 e. The van der Waals surface area contributed by atoms with E-state index in [9.17, 15) is 4.79 Å². The smallest absolute Gasteiger partial charge is 0.407 e. The number of nitrogens with one attached hydrogen (secondary N) is 4. The van der Waals surface area contributed by atoms with Gasteiger partial charge in [0.15, 0.2) is 5.65 Å². The van der Waals surface area contributed by atoms with Gasteiger partial charge in [-0.05, 0) is 38.8 Å². The summed E-state index contributed by atoms with van der Waals surface area (Å²) in [4.78, 5) is 32.8. The van der Waals surface area contributed by atoms with E-state index in [1.807, 2.05) is 57.2 Å². The lowest BCUT2D eigenvalue weighted by Crippen LogP contribution is -2.39. The van der Waals surface area contributed by atoms with Crippen molar-refractivity contribution in [3.05, 3.63) is 54.4 Å². The van der Waals surface area contributed by atoms with Crippen LogP contribution < -0.4 is 16.0 Å². The SMILES string of the molecule is CC(C)(C)OC(=O)NCCC(Nc1nccc(-c2[nH]nc3nc(NCCN4CCOCC4)ncc23)n1)c1ccccc1. The number of rotatable bonds is 11. The summed E-state index contributed by atoms with van der Waals surface area (Å²) >= 11 is 0. The van der Waals surface area contributed by atoms with Crippen LogP contribution in [0.3, 0.4) is 0 Å². The molecule has 1 saturated heterocycles. The van der Waals surface area contributed by atoms with Gasteiger partial charge in [-0.2, -0.15) is 10.1 Å². The molecule has 42 heavy (non-hydrogen) atoms. The lowest BCUT2D eigenvalue weighted by atomic mass is 10.0. The van der Waals surface area contributed by atoms with Gasteiger partial charge in [0.25, 0.3) is 0 Å². The molecule has 4 heterocycles. The number of H-pyrrole nitrogens is 1. The van der Waals surface area contributed by atoms with Crippen LogP contribution in [0.25, 0.3) is 22.4 Å². The van der Waals surface area contributed by atoms with Crippen molar-refractivity contribution in [2.24, 2.45) is 0 Å². The van der Waals surface area contributed by atoms with Crippen LogP contribution in [-0.2, 0) is 9.47 Å². The second kappa shape index (κ2) is 13.5. The summed E-state index contributed by atoms with van der Waals surface area (Å²) in [6, 6.07) is 11.6. The molecule has 4 aromatic rings. The molecular weight excluding hydrogens is 536 g/mol. The molecule has 222 valence electrons. The Morgan fingerprint density at radius 3 is 2.67 bits per heavy atom. The van der Waals surface area contributed by atoms with Crippen LogP contribution >= 0.6 is 0 Å². The first-order chi connectivity index (χ1) is 20.3. The predicted molar refractivity (Wildman–Crippen MR) is 160 cm³/mol. The molecular formula is C29H38N10O3. The number of amides is 1. The highest BCUT2D eigenvalue weighted by Gasteiger charge is 2.19. The van der Waals surface area contributed by atoms with Gasteiger partial charge in [0.1, 0.15) is 5.60 Å². The van der Waals surface area contributed by atoms with Gasteiger partial charge < -0.3 is 25.4 Å². The summed E-state index contributed by atoms with van der Waals surface area (Å²) in [5.74, 6) is 0.980. The van der Waals surface area contributed by atoms with Crippen LogP contribution in [0.15, 0.2) is 48.8 Å². The van der Waals surface area contributed by atoms with Crippen LogP contribution in [0.2, 0.25) is 0 Å². The molecule has 0 saturated carbocycles. The van der Waals surface area contributed by atoms with Gasteiger partial charge in [0, 0.05) is 45.1 Å². The number of carbonyl (C=O) groups excluding carboxylic acids is 1. The summed E-state index contributed by atoms with van der Waals surface area (Å²) < 4.78 is 10.8. The fourth-order valence-electron chi connectivity index (χ4n) is 4.60. The van der Waals surface area contributed by atoms with Crippen LogP contribution in [-0.4, -0.2) is 92.7 Å². The molecule has 1 aliphatic rings. The average molecular weight is 575 g/mol. The van der Waals surface area contributed by atoms with Gasteiger partial charge in [-0.1, -0.05) is 30.3 Å². The molecule has 3 aromatic heterocycles. The Kier molecular flexibility index (Phi) is 9.39. The fourth-order valence-corrected chi connectivity index (χ4v) is 4.60. The molecule has 1 unspecified atom stereocenters. The second-order valence-electron chi connectivity index (χ2n) is 11.0. The van der Waals surface area contributed by atoms with Crippen molar-refractivity contribution in [3.8, 4) is 11.4 Å². The zero-order valence-corrected chi connectivity index (χ0v) is 24.3. The summed E-state index contributed by atoms with van der Waals surface area (Å²) in [6.45, 7) is 11.0. The number of aromatic nitrogens is 6. The van der Waals surface area contributed by atoms with Gasteiger partial charge in [-0.25, -0.2) is 19.7 Å². The van der Waals surface area contributed by atoms with E-state index in [-0.39, 0.29) is 6.04 Å². The van der Waals surface area contributed by atoms with Crippen LogP contribution in [0.5, 0.6) is 0 Å². The third-order valence-electron chi connectivity index (χ3n) is 6.64. The number of aromatic amines is 1. The lowest BCUT2D eigenvalue weighted by molar-refractivity contribution is 0.0398. The second-order valence-corrected chi connectivity index (χ2v) is 11.0. The third kappa shape index (κ3) is 8.10. The largest absolute Gasteiger partial charge is 0.444 e. The number of morpholine rings is 1. The monoisotopic (exact) mass is 574 g/mol. The quantitative estimate of drug-likeness (QED) is 0.208. The summed E-state index contributed by atoms with van der Waals surface area (Å²) in [5, 5.41) is 17.8. The molecule has 0 spiro atoms. The van der Waals surface area contributed by atoms with Gasteiger partial charge in [-0.3, -0.25) is 10.00 Å². The Labute approximate surface area is 244 Å². The minimum atomic E-state index is -0.557. The Balaban J connectivity index is 1.25. The Hall–Kier alpha value is -4.36. The maximum Gasteiger partial charge on any atom is 0.407 e. The molecule has 13 nitrogen and oxygen atoms in total. The van der Waals surface area contributed by atoms with Crippen LogP contribution in [0, 0.1) is 0 Å². The van der Waals surface area contributed by atoms with Crippen molar-refractivity contribution < 1.29 is 14.3 Å². The highest BCUT2D eigenvalue weighted by atomic mass is 16.6. The van der Waals surface area contributed by atoms with Crippen molar-refractivity contribution in [1.82, 2.24) is 40.3 Å². The van der Waals surface area contributed by atoms with E-state index in [1.54, 1.807) is 12.4 Å². The number of hydrogen-bond donors (Lipinski definition) is 4. The Morgan fingerprint density at radius 2 is 1.88 bits per heavy atom.